The van der Waals surface area contributed by atoms with Crippen molar-refractivity contribution in [3.8, 4) is 0 Å². The monoisotopic (exact) mass is 376 g/mol. The summed E-state index contributed by atoms with van der Waals surface area (Å²) in [6, 6.07) is 20.7. The number of nitrogens with one attached hydrogen (secondary N) is 3. The van der Waals surface area contributed by atoms with Gasteiger partial charge in [0.05, 0.1) is 0 Å². The van der Waals surface area contributed by atoms with Crippen molar-refractivity contribution in [1.29, 1.82) is 0 Å². The number of H-pyrrole nitrogens is 1. The highest BCUT2D eigenvalue weighted by Crippen LogP contribution is 2.15. The molecular weight excluding hydrogens is 348 g/mol. The molecule has 0 radical (unpaired) electrons. The number of carbonyl (C=O) groups is 1. The molecule has 3 aromatic rings. The molecule has 0 spiro atoms. The van der Waals surface area contributed by atoms with E-state index in [4.69, 9.17) is 0 Å². The van der Waals surface area contributed by atoms with Crippen molar-refractivity contribution < 1.29 is 14.7 Å². The predicted molar refractivity (Wildman–Crippen MR) is 113 cm³/mol. The van der Waals surface area contributed by atoms with Gasteiger partial charge in [0, 0.05) is 17.1 Å². The second-order valence-electron chi connectivity index (χ2n) is 7.40. The average Bonchev–Trinajstić information content (AvgIpc) is 2.74. The van der Waals surface area contributed by atoms with Gasteiger partial charge in [0.25, 0.3) is 11.7 Å². The predicted octanol–water partition coefficient (Wildman–Crippen LogP) is 1.56. The highest BCUT2D eigenvalue weighted by Gasteiger charge is 2.27. The van der Waals surface area contributed by atoms with Crippen LogP contribution in [0.15, 0.2) is 60.7 Å². The first-order valence-corrected chi connectivity index (χ1v) is 10.1. The summed E-state index contributed by atoms with van der Waals surface area (Å²) in [5.74, 6) is 1.25. The second kappa shape index (κ2) is 8.40. The fourth-order valence-electron chi connectivity index (χ4n) is 3.90. The van der Waals surface area contributed by atoms with E-state index in [0.29, 0.717) is 6.54 Å². The summed E-state index contributed by atoms with van der Waals surface area (Å²) in [5.41, 5.74) is 3.28. The molecule has 3 N–H and O–H groups in total. The number of aryl methyl sites for hydroxylation is 1. The Balaban J connectivity index is 1.33. The van der Waals surface area contributed by atoms with E-state index in [1.165, 1.54) is 15.8 Å². The van der Waals surface area contributed by atoms with Gasteiger partial charge < -0.3 is 10.2 Å². The number of benzene rings is 2. The number of aromatic nitrogens is 1. The number of hydrogen-bond donors (Lipinski definition) is 2. The van der Waals surface area contributed by atoms with E-state index in [-0.39, 0.29) is 5.91 Å². The number of pyridine rings is 1. The molecule has 2 aromatic carbocycles. The number of amides is 1. The Morgan fingerprint density at radius 3 is 2.61 bits per heavy atom. The van der Waals surface area contributed by atoms with E-state index in [1.807, 2.05) is 18.2 Å². The first kappa shape index (κ1) is 18.4. The number of rotatable bonds is 5. The van der Waals surface area contributed by atoms with Gasteiger partial charge in [-0.3, -0.25) is 9.69 Å². The van der Waals surface area contributed by atoms with Crippen molar-refractivity contribution in [1.82, 2.24) is 0 Å². The zero-order valence-electron chi connectivity index (χ0n) is 16.4. The number of hydrogen-bond acceptors (Lipinski definition) is 2. The molecule has 5 heteroatoms. The minimum absolute atomic E-state index is 0.0987. The number of fused-ring (bicyclic) bond motifs is 1. The van der Waals surface area contributed by atoms with Gasteiger partial charge in [-0.25, -0.2) is 4.98 Å². The molecule has 5 nitrogen and oxygen atoms in total. The van der Waals surface area contributed by atoms with Crippen molar-refractivity contribution in [2.45, 2.75) is 13.3 Å². The van der Waals surface area contributed by atoms with Crippen LogP contribution in [0.1, 0.15) is 12.5 Å². The zero-order valence-corrected chi connectivity index (χ0v) is 16.4. The SMILES string of the molecule is CCc1ccccc1NC(=O)C[NH+]1CCN(c2ccc3ccccc3[nH+]2)CC1. The fourth-order valence-corrected chi connectivity index (χ4v) is 3.90. The van der Waals surface area contributed by atoms with Crippen molar-refractivity contribution in [3.05, 3.63) is 66.2 Å². The molecule has 1 amide bonds. The summed E-state index contributed by atoms with van der Waals surface area (Å²) in [4.78, 5) is 19.7. The molecule has 0 aliphatic carbocycles. The van der Waals surface area contributed by atoms with Crippen LogP contribution in [0.2, 0.25) is 0 Å². The lowest BCUT2D eigenvalue weighted by Gasteiger charge is -2.28. The molecule has 1 aliphatic rings. The van der Waals surface area contributed by atoms with Gasteiger partial charge in [-0.2, -0.15) is 0 Å². The van der Waals surface area contributed by atoms with Crippen LogP contribution in [0, 0.1) is 0 Å². The van der Waals surface area contributed by atoms with E-state index < -0.39 is 0 Å². The summed E-state index contributed by atoms with van der Waals surface area (Å²) in [7, 11) is 0. The van der Waals surface area contributed by atoms with Crippen LogP contribution >= 0.6 is 0 Å². The first-order valence-electron chi connectivity index (χ1n) is 10.1. The van der Waals surface area contributed by atoms with Crippen molar-refractivity contribution in [2.24, 2.45) is 0 Å². The maximum absolute atomic E-state index is 12.5. The number of aromatic amines is 1. The molecular formula is C23H28N4O+2. The normalized spacial score (nSPS) is 15.0. The van der Waals surface area contributed by atoms with E-state index in [1.54, 1.807) is 0 Å². The van der Waals surface area contributed by atoms with Gasteiger partial charge in [-0.05, 0) is 30.2 Å². The third-order valence-corrected chi connectivity index (χ3v) is 5.54. The Morgan fingerprint density at radius 1 is 1.04 bits per heavy atom. The number of piperazine rings is 1. The largest absolute Gasteiger partial charge is 0.321 e. The van der Waals surface area contributed by atoms with Gasteiger partial charge in [0.2, 0.25) is 0 Å². The van der Waals surface area contributed by atoms with Crippen LogP contribution in [0.25, 0.3) is 10.9 Å². The zero-order chi connectivity index (χ0) is 19.3. The maximum atomic E-state index is 12.5. The van der Waals surface area contributed by atoms with Crippen LogP contribution in [-0.4, -0.2) is 38.6 Å². The lowest BCUT2D eigenvalue weighted by atomic mass is 10.1. The molecule has 1 aliphatic heterocycles. The van der Waals surface area contributed by atoms with E-state index in [2.05, 4.69) is 64.6 Å². The Labute approximate surface area is 166 Å². The van der Waals surface area contributed by atoms with Gasteiger partial charge in [0.1, 0.15) is 31.7 Å². The van der Waals surface area contributed by atoms with Gasteiger partial charge >= 0.3 is 0 Å². The fraction of sp³-hybridized carbons (Fsp3) is 0.304. The Morgan fingerprint density at radius 2 is 1.79 bits per heavy atom. The summed E-state index contributed by atoms with van der Waals surface area (Å²) < 4.78 is 0. The van der Waals surface area contributed by atoms with Crippen molar-refractivity contribution >= 4 is 28.3 Å². The van der Waals surface area contributed by atoms with E-state index >= 15 is 0 Å². The summed E-state index contributed by atoms with van der Waals surface area (Å²) in [6.45, 7) is 6.45. The highest BCUT2D eigenvalue weighted by atomic mass is 16.2. The Bertz CT molecular complexity index is 963. The van der Waals surface area contributed by atoms with Crippen molar-refractivity contribution in [2.75, 3.05) is 42.9 Å². The van der Waals surface area contributed by atoms with Crippen LogP contribution in [0.5, 0.6) is 0 Å². The van der Waals surface area contributed by atoms with Crippen LogP contribution in [-0.2, 0) is 11.2 Å². The number of nitrogens with zero attached hydrogens (tertiary/aromatic N) is 1. The molecule has 1 fully saturated rings. The summed E-state index contributed by atoms with van der Waals surface area (Å²) in [6.07, 6.45) is 0.921. The standard InChI is InChI=1S/C23H26N4O/c1-2-18-7-3-5-9-20(18)25-23(28)17-26-13-15-27(16-14-26)22-12-11-19-8-4-6-10-21(19)24-22/h3-12H,2,13-17H2,1H3,(H,25,28)/p+2. The van der Waals surface area contributed by atoms with Crippen LogP contribution in [0.3, 0.4) is 0 Å². The third kappa shape index (κ3) is 4.15. The lowest BCUT2D eigenvalue weighted by molar-refractivity contribution is -0.892. The van der Waals surface area contributed by atoms with E-state index in [9.17, 15) is 4.79 Å². The minimum atomic E-state index is 0.0987. The molecule has 28 heavy (non-hydrogen) atoms. The number of quaternary nitrogens is 1. The molecule has 0 atom stereocenters. The second-order valence-corrected chi connectivity index (χ2v) is 7.40. The summed E-state index contributed by atoms with van der Waals surface area (Å²) >= 11 is 0. The van der Waals surface area contributed by atoms with Crippen molar-refractivity contribution in [3.63, 3.8) is 0 Å². The minimum Gasteiger partial charge on any atom is -0.321 e. The van der Waals surface area contributed by atoms with E-state index in [0.717, 1.165) is 49.6 Å². The molecule has 2 heterocycles. The maximum Gasteiger partial charge on any atom is 0.279 e. The smallest absolute Gasteiger partial charge is 0.279 e. The Hall–Kier alpha value is -2.92. The molecule has 1 saturated heterocycles. The molecule has 4 rings (SSSR count). The number of carbonyl (C=O) groups excluding carboxylic acids is 1. The molecule has 1 aromatic heterocycles. The van der Waals surface area contributed by atoms with Gasteiger partial charge in [-0.1, -0.05) is 43.3 Å². The third-order valence-electron chi connectivity index (χ3n) is 5.54. The lowest BCUT2D eigenvalue weighted by Crippen LogP contribution is -3.15. The number of para-hydroxylation sites is 2. The molecule has 144 valence electrons. The topological polar surface area (TPSA) is 50.9 Å². The van der Waals surface area contributed by atoms with Gasteiger partial charge in [0.15, 0.2) is 6.54 Å². The quantitative estimate of drug-likeness (QED) is 0.710. The molecule has 0 bridgehead atoms. The average molecular weight is 377 g/mol. The van der Waals surface area contributed by atoms with Crippen LogP contribution in [0.4, 0.5) is 11.5 Å². The number of anilines is 2. The molecule has 0 saturated carbocycles. The van der Waals surface area contributed by atoms with Gasteiger partial charge in [-0.15, -0.1) is 0 Å². The highest BCUT2D eigenvalue weighted by molar-refractivity contribution is 5.92. The summed E-state index contributed by atoms with van der Waals surface area (Å²) in [5, 5.41) is 4.31. The first-order chi connectivity index (χ1) is 13.7. The van der Waals surface area contributed by atoms with Crippen LogP contribution < -0.4 is 20.1 Å². The molecule has 0 unspecified atom stereocenters. The Kier molecular flexibility index (Phi) is 5.53.